The molecule has 1 rings (SSSR count). The van der Waals surface area contributed by atoms with Gasteiger partial charge >= 0.3 is 0 Å². The van der Waals surface area contributed by atoms with E-state index in [-0.39, 0.29) is 15.8 Å². The Morgan fingerprint density at radius 3 is 2.16 bits per heavy atom. The quantitative estimate of drug-likeness (QED) is 0.643. The maximum absolute atomic E-state index is 12.7. The number of hydrogen-bond donors (Lipinski definition) is 1. The average molecular weight is 384 g/mol. The smallest absolute Gasteiger partial charge is 0.192 e. The van der Waals surface area contributed by atoms with E-state index in [9.17, 15) is 4.21 Å². The summed E-state index contributed by atoms with van der Waals surface area (Å²) < 4.78 is 22.2. The molecule has 1 aromatic carbocycles. The summed E-state index contributed by atoms with van der Waals surface area (Å²) in [6.07, 6.45) is 0.955. The molecule has 1 aromatic rings. The van der Waals surface area contributed by atoms with Crippen LogP contribution in [0.3, 0.4) is 0 Å². The van der Waals surface area contributed by atoms with Crippen molar-refractivity contribution in [3.8, 4) is 0 Å². The van der Waals surface area contributed by atoms with Gasteiger partial charge in [-0.05, 0) is 56.5 Å². The van der Waals surface area contributed by atoms with E-state index in [0.29, 0.717) is 6.61 Å². The maximum atomic E-state index is 12.7. The van der Waals surface area contributed by atoms with Gasteiger partial charge in [0.25, 0.3) is 0 Å². The van der Waals surface area contributed by atoms with E-state index in [2.05, 4.69) is 69.8 Å². The molecule has 0 saturated heterocycles. The largest absolute Gasteiger partial charge is 0.415 e. The molecule has 0 amide bonds. The molecule has 0 aromatic heterocycles. The lowest BCUT2D eigenvalue weighted by atomic mass is 10.00. The summed E-state index contributed by atoms with van der Waals surface area (Å²) in [5, 5.41) is 0.158. The molecule has 0 heterocycles. The van der Waals surface area contributed by atoms with E-state index in [1.165, 1.54) is 11.1 Å². The normalized spacial score (nSPS) is 15.9. The van der Waals surface area contributed by atoms with E-state index in [1.54, 1.807) is 0 Å². The number of hydrogen-bond acceptors (Lipinski definition) is 2. The van der Waals surface area contributed by atoms with Crippen molar-refractivity contribution >= 4 is 19.3 Å². The van der Waals surface area contributed by atoms with Crippen LogP contribution in [-0.4, -0.2) is 23.9 Å². The first kappa shape index (κ1) is 22.5. The summed E-state index contributed by atoms with van der Waals surface area (Å²) in [7, 11) is -3.01. The highest BCUT2D eigenvalue weighted by Crippen LogP contribution is 2.37. The van der Waals surface area contributed by atoms with Gasteiger partial charge in [0.1, 0.15) is 0 Å². The first-order valence-corrected chi connectivity index (χ1v) is 13.2. The predicted octanol–water partition coefficient (Wildman–Crippen LogP) is 5.36. The minimum absolute atomic E-state index is 0.0645. The Hall–Kier alpha value is -0.493. The van der Waals surface area contributed by atoms with Gasteiger partial charge in [0.2, 0.25) is 0 Å². The van der Waals surface area contributed by atoms with Gasteiger partial charge in [-0.25, -0.2) is 8.93 Å². The van der Waals surface area contributed by atoms with Crippen LogP contribution in [0.25, 0.3) is 0 Å². The van der Waals surface area contributed by atoms with E-state index >= 15 is 0 Å². The molecule has 2 atom stereocenters. The van der Waals surface area contributed by atoms with Crippen LogP contribution in [0.4, 0.5) is 0 Å². The average Bonchev–Trinajstić information content (AvgIpc) is 2.49. The Morgan fingerprint density at radius 1 is 1.12 bits per heavy atom. The van der Waals surface area contributed by atoms with Crippen LogP contribution < -0.4 is 4.72 Å². The molecule has 0 unspecified atom stereocenters. The molecule has 0 saturated carbocycles. The summed E-state index contributed by atoms with van der Waals surface area (Å²) in [6, 6.07) is 8.33. The molecular formula is C20H37NO2SSi. The van der Waals surface area contributed by atoms with Gasteiger partial charge < -0.3 is 4.43 Å². The monoisotopic (exact) mass is 383 g/mol. The number of benzene rings is 1. The lowest BCUT2D eigenvalue weighted by molar-refractivity contribution is 0.257. The summed E-state index contributed by atoms with van der Waals surface area (Å²) >= 11 is 0. The molecule has 0 aliphatic carbocycles. The fourth-order valence-corrected chi connectivity index (χ4v) is 4.02. The molecule has 3 nitrogen and oxygen atoms in total. The van der Waals surface area contributed by atoms with Crippen molar-refractivity contribution in [3.05, 3.63) is 35.4 Å². The topological polar surface area (TPSA) is 38.3 Å². The van der Waals surface area contributed by atoms with Crippen molar-refractivity contribution in [1.29, 1.82) is 0 Å². The fraction of sp³-hybridized carbons (Fsp3) is 0.700. The highest BCUT2D eigenvalue weighted by molar-refractivity contribution is 7.84. The Bertz CT molecular complexity index is 588. The van der Waals surface area contributed by atoms with E-state index in [4.69, 9.17) is 4.43 Å². The van der Waals surface area contributed by atoms with Gasteiger partial charge in [-0.2, -0.15) is 0 Å². The van der Waals surface area contributed by atoms with Gasteiger partial charge in [0.05, 0.1) is 28.4 Å². The second-order valence-corrected chi connectivity index (χ2v) is 16.0. The van der Waals surface area contributed by atoms with Crippen LogP contribution in [0, 0.1) is 0 Å². The van der Waals surface area contributed by atoms with Crippen molar-refractivity contribution < 1.29 is 8.63 Å². The molecule has 0 bridgehead atoms. The lowest BCUT2D eigenvalue weighted by Crippen LogP contribution is -2.44. The van der Waals surface area contributed by atoms with Gasteiger partial charge in [-0.3, -0.25) is 0 Å². The predicted molar refractivity (Wildman–Crippen MR) is 113 cm³/mol. The van der Waals surface area contributed by atoms with E-state index in [1.807, 2.05) is 20.8 Å². The molecule has 0 radical (unpaired) electrons. The summed E-state index contributed by atoms with van der Waals surface area (Å²) in [4.78, 5) is 0. The van der Waals surface area contributed by atoms with Gasteiger partial charge in [0, 0.05) is 0 Å². The minimum atomic E-state index is -1.86. The summed E-state index contributed by atoms with van der Waals surface area (Å²) in [5.41, 5.74) is 2.48. The maximum Gasteiger partial charge on any atom is 0.192 e. The van der Waals surface area contributed by atoms with Crippen LogP contribution in [0.15, 0.2) is 24.3 Å². The van der Waals surface area contributed by atoms with Crippen LogP contribution in [0.2, 0.25) is 18.1 Å². The zero-order chi connectivity index (χ0) is 19.5. The lowest BCUT2D eigenvalue weighted by Gasteiger charge is -2.38. The van der Waals surface area contributed by atoms with Crippen molar-refractivity contribution in [2.75, 3.05) is 6.61 Å². The van der Waals surface area contributed by atoms with Gasteiger partial charge in [0.15, 0.2) is 8.32 Å². The number of aryl methyl sites for hydroxylation is 1. The highest BCUT2D eigenvalue weighted by atomic mass is 32.2. The number of rotatable bonds is 7. The molecule has 0 spiro atoms. The first-order chi connectivity index (χ1) is 11.3. The van der Waals surface area contributed by atoms with Crippen molar-refractivity contribution in [2.24, 2.45) is 0 Å². The Morgan fingerprint density at radius 2 is 1.68 bits per heavy atom. The molecule has 0 aliphatic rings. The molecule has 5 heteroatoms. The fourth-order valence-electron chi connectivity index (χ4n) is 2.20. The second-order valence-electron chi connectivity index (χ2n) is 9.18. The van der Waals surface area contributed by atoms with Crippen LogP contribution >= 0.6 is 0 Å². The van der Waals surface area contributed by atoms with Crippen LogP contribution in [0.1, 0.15) is 65.6 Å². The first-order valence-electron chi connectivity index (χ1n) is 9.19. The van der Waals surface area contributed by atoms with Crippen LogP contribution in [0.5, 0.6) is 0 Å². The third-order valence-corrected chi connectivity index (χ3v) is 11.1. The Kier molecular flexibility index (Phi) is 7.63. The minimum Gasteiger partial charge on any atom is -0.415 e. The third kappa shape index (κ3) is 6.31. The zero-order valence-electron chi connectivity index (χ0n) is 17.5. The molecule has 25 heavy (non-hydrogen) atoms. The van der Waals surface area contributed by atoms with Crippen molar-refractivity contribution in [1.82, 2.24) is 4.72 Å². The second kappa shape index (κ2) is 8.46. The van der Waals surface area contributed by atoms with Gasteiger partial charge in [-0.15, -0.1) is 0 Å². The molecule has 1 N–H and O–H groups in total. The molecular weight excluding hydrogens is 346 g/mol. The number of nitrogens with one attached hydrogen (secondary N) is 1. The standard InChI is InChI=1S/C20H37NO2SSi/c1-10-16-13-11-12-14-17(16)18(21-24(22)19(2,3)4)15-23-25(8,9)20(5,6)7/h11-14,18,21H,10,15H2,1-9H3/t18-,24+/m0/s1. The highest BCUT2D eigenvalue weighted by Gasteiger charge is 2.38. The van der Waals surface area contributed by atoms with E-state index in [0.717, 1.165) is 6.42 Å². The zero-order valence-corrected chi connectivity index (χ0v) is 19.3. The molecule has 0 aliphatic heterocycles. The van der Waals surface area contributed by atoms with Gasteiger partial charge in [-0.1, -0.05) is 52.0 Å². The SMILES string of the molecule is CCc1ccccc1[C@H](CO[Si](C)(C)C(C)(C)C)N[S@](=O)C(C)(C)C. The summed E-state index contributed by atoms with van der Waals surface area (Å²) in [5.74, 6) is 0. The van der Waals surface area contributed by atoms with E-state index < -0.39 is 19.3 Å². The summed E-state index contributed by atoms with van der Waals surface area (Å²) in [6.45, 7) is 19.9. The molecule has 144 valence electrons. The third-order valence-electron chi connectivity index (χ3n) is 5.03. The van der Waals surface area contributed by atoms with Crippen LogP contribution in [-0.2, 0) is 21.8 Å². The Balaban J connectivity index is 3.10. The molecule has 0 fully saturated rings. The van der Waals surface area contributed by atoms with Crippen molar-refractivity contribution in [3.63, 3.8) is 0 Å². The van der Waals surface area contributed by atoms with Crippen molar-refractivity contribution in [2.45, 2.75) is 83.8 Å². The Labute approximate surface area is 158 Å².